The molecule has 0 aliphatic rings. The first-order valence-electron chi connectivity index (χ1n) is 5.83. The molecule has 0 radical (unpaired) electrons. The Bertz CT molecular complexity index is 707. The highest BCUT2D eigenvalue weighted by atomic mass is 35.7. The third kappa shape index (κ3) is 3.01. The molecule has 7 heteroatoms. The molecule has 0 fully saturated rings. The van der Waals surface area contributed by atoms with Gasteiger partial charge in [0.15, 0.2) is 0 Å². The fraction of sp³-hybridized carbons (Fsp3) is 0.417. The van der Waals surface area contributed by atoms with Crippen LogP contribution in [0.4, 0.5) is 0 Å². The number of benzene rings is 1. The van der Waals surface area contributed by atoms with Gasteiger partial charge in [-0.1, -0.05) is 13.8 Å². The summed E-state index contributed by atoms with van der Waals surface area (Å²) >= 11 is 0. The van der Waals surface area contributed by atoms with Crippen molar-refractivity contribution >= 4 is 30.6 Å². The summed E-state index contributed by atoms with van der Waals surface area (Å²) in [7, 11) is 3.37. The minimum atomic E-state index is -3.75. The first kappa shape index (κ1) is 14.1. The second-order valence-electron chi connectivity index (χ2n) is 4.75. The molecule has 0 amide bonds. The van der Waals surface area contributed by atoms with Crippen LogP contribution in [-0.2, 0) is 16.1 Å². The van der Waals surface area contributed by atoms with Gasteiger partial charge in [0.25, 0.3) is 9.05 Å². The largest absolute Gasteiger partial charge is 0.476 e. The van der Waals surface area contributed by atoms with Crippen LogP contribution < -0.4 is 4.74 Å². The lowest BCUT2D eigenvalue weighted by molar-refractivity contribution is 0.262. The number of aryl methyl sites for hydroxylation is 1. The summed E-state index contributed by atoms with van der Waals surface area (Å²) in [5.74, 6) is 0.783. The second-order valence-corrected chi connectivity index (χ2v) is 7.32. The Morgan fingerprint density at radius 3 is 2.68 bits per heavy atom. The molecular weight excluding hydrogens is 288 g/mol. The van der Waals surface area contributed by atoms with Crippen molar-refractivity contribution in [2.75, 3.05) is 6.61 Å². The average molecular weight is 303 g/mol. The summed E-state index contributed by atoms with van der Waals surface area (Å²) in [5.41, 5.74) is 0.794. The number of fused-ring (bicyclic) bond motifs is 1. The predicted molar refractivity (Wildman–Crippen MR) is 74.1 cm³/mol. The van der Waals surface area contributed by atoms with E-state index in [0.29, 0.717) is 23.8 Å². The zero-order chi connectivity index (χ0) is 14.2. The first-order chi connectivity index (χ1) is 8.79. The van der Waals surface area contributed by atoms with Gasteiger partial charge in [-0.15, -0.1) is 5.10 Å². The van der Waals surface area contributed by atoms with Crippen LogP contribution in [-0.4, -0.2) is 24.8 Å². The van der Waals surface area contributed by atoms with Crippen LogP contribution in [0.1, 0.15) is 13.8 Å². The molecule has 0 saturated heterocycles. The van der Waals surface area contributed by atoms with Crippen LogP contribution in [0.5, 0.6) is 5.88 Å². The Hall–Kier alpha value is -1.27. The third-order valence-electron chi connectivity index (χ3n) is 2.62. The molecule has 0 atom stereocenters. The first-order valence-corrected chi connectivity index (χ1v) is 8.14. The number of nitrogens with zero attached hydrogens (tertiary/aromatic N) is 2. The average Bonchev–Trinajstić information content (AvgIpc) is 2.62. The van der Waals surface area contributed by atoms with Crippen molar-refractivity contribution in [3.05, 3.63) is 18.2 Å². The van der Waals surface area contributed by atoms with Gasteiger partial charge in [-0.3, -0.25) is 4.68 Å². The van der Waals surface area contributed by atoms with Gasteiger partial charge in [-0.2, -0.15) is 0 Å². The highest BCUT2D eigenvalue weighted by molar-refractivity contribution is 8.13. The van der Waals surface area contributed by atoms with E-state index in [1.165, 1.54) is 12.1 Å². The highest BCUT2D eigenvalue weighted by Gasteiger charge is 2.16. The molecule has 2 rings (SSSR count). The summed E-state index contributed by atoms with van der Waals surface area (Å²) in [6.07, 6.45) is 0. The Morgan fingerprint density at radius 1 is 1.42 bits per heavy atom. The van der Waals surface area contributed by atoms with Crippen molar-refractivity contribution in [2.45, 2.75) is 18.7 Å². The standard InChI is InChI=1S/C12H15ClN2O3S/c1-8(2)7-18-12-10-6-9(19(13,16)17)4-5-11(10)15(3)14-12/h4-6,8H,7H2,1-3H3. The van der Waals surface area contributed by atoms with E-state index in [0.717, 1.165) is 5.52 Å². The fourth-order valence-corrected chi connectivity index (χ4v) is 2.49. The zero-order valence-corrected chi connectivity index (χ0v) is 12.5. The Morgan fingerprint density at radius 2 is 2.11 bits per heavy atom. The number of aromatic nitrogens is 2. The summed E-state index contributed by atoms with van der Waals surface area (Å²) < 4.78 is 30.0. The molecule has 0 aliphatic carbocycles. The molecule has 0 aliphatic heterocycles. The molecule has 2 aromatic rings. The molecule has 1 aromatic heterocycles. The summed E-state index contributed by atoms with van der Waals surface area (Å²) in [4.78, 5) is 0.0454. The Labute approximate surface area is 116 Å². The van der Waals surface area contributed by atoms with Crippen LogP contribution in [0.3, 0.4) is 0 Å². The Balaban J connectivity index is 2.53. The fourth-order valence-electron chi connectivity index (χ4n) is 1.72. The van der Waals surface area contributed by atoms with E-state index in [2.05, 4.69) is 5.10 Å². The van der Waals surface area contributed by atoms with E-state index < -0.39 is 9.05 Å². The Kier molecular flexibility index (Phi) is 3.73. The van der Waals surface area contributed by atoms with Crippen LogP contribution >= 0.6 is 10.7 Å². The maximum Gasteiger partial charge on any atom is 0.261 e. The van der Waals surface area contributed by atoms with Gasteiger partial charge < -0.3 is 4.74 Å². The molecule has 1 aromatic carbocycles. The van der Waals surface area contributed by atoms with Crippen LogP contribution in [0.25, 0.3) is 10.9 Å². The van der Waals surface area contributed by atoms with Gasteiger partial charge in [-0.25, -0.2) is 8.42 Å². The van der Waals surface area contributed by atoms with Crippen LogP contribution in [0.2, 0.25) is 0 Å². The lowest BCUT2D eigenvalue weighted by atomic mass is 10.2. The molecule has 0 saturated carbocycles. The van der Waals surface area contributed by atoms with Crippen molar-refractivity contribution in [3.63, 3.8) is 0 Å². The van der Waals surface area contributed by atoms with Crippen molar-refractivity contribution in [1.29, 1.82) is 0 Å². The maximum absolute atomic E-state index is 11.4. The lowest BCUT2D eigenvalue weighted by Crippen LogP contribution is -2.05. The van der Waals surface area contributed by atoms with E-state index in [4.69, 9.17) is 15.4 Å². The molecule has 104 valence electrons. The van der Waals surface area contributed by atoms with Gasteiger partial charge in [0.1, 0.15) is 0 Å². The highest BCUT2D eigenvalue weighted by Crippen LogP contribution is 2.28. The maximum atomic E-state index is 11.4. The van der Waals surface area contributed by atoms with Gasteiger partial charge in [0.2, 0.25) is 5.88 Å². The number of rotatable bonds is 4. The van der Waals surface area contributed by atoms with Crippen molar-refractivity contribution in [3.8, 4) is 5.88 Å². The SMILES string of the molecule is CC(C)COc1nn(C)c2ccc(S(=O)(=O)Cl)cc12. The van der Waals surface area contributed by atoms with E-state index in [9.17, 15) is 8.42 Å². The van der Waals surface area contributed by atoms with Crippen molar-refractivity contribution < 1.29 is 13.2 Å². The van der Waals surface area contributed by atoms with E-state index in [1.54, 1.807) is 17.8 Å². The molecule has 0 bridgehead atoms. The molecular formula is C12H15ClN2O3S. The second kappa shape index (κ2) is 5.02. The minimum Gasteiger partial charge on any atom is -0.476 e. The van der Waals surface area contributed by atoms with Gasteiger partial charge in [0, 0.05) is 17.7 Å². The van der Waals surface area contributed by atoms with Gasteiger partial charge in [-0.05, 0) is 24.1 Å². The summed E-state index contributed by atoms with van der Waals surface area (Å²) in [5, 5.41) is 4.88. The predicted octanol–water partition coefficient (Wildman–Crippen LogP) is 2.54. The molecule has 5 nitrogen and oxygen atoms in total. The smallest absolute Gasteiger partial charge is 0.261 e. The molecule has 19 heavy (non-hydrogen) atoms. The number of hydrogen-bond acceptors (Lipinski definition) is 4. The number of ether oxygens (including phenoxy) is 1. The molecule has 0 unspecified atom stereocenters. The molecule has 1 heterocycles. The van der Waals surface area contributed by atoms with Crippen LogP contribution in [0, 0.1) is 5.92 Å². The topological polar surface area (TPSA) is 61.2 Å². The zero-order valence-electron chi connectivity index (χ0n) is 10.9. The van der Waals surface area contributed by atoms with Crippen molar-refractivity contribution in [1.82, 2.24) is 9.78 Å². The summed E-state index contributed by atoms with van der Waals surface area (Å²) in [6, 6.07) is 4.61. The van der Waals surface area contributed by atoms with Crippen molar-refractivity contribution in [2.24, 2.45) is 13.0 Å². The van der Waals surface area contributed by atoms with Gasteiger partial charge >= 0.3 is 0 Å². The third-order valence-corrected chi connectivity index (χ3v) is 3.97. The van der Waals surface area contributed by atoms with E-state index >= 15 is 0 Å². The molecule has 0 N–H and O–H groups in total. The molecule has 0 spiro atoms. The minimum absolute atomic E-state index is 0.0454. The quantitative estimate of drug-likeness (QED) is 0.814. The monoisotopic (exact) mass is 302 g/mol. The van der Waals surface area contributed by atoms with Gasteiger partial charge in [0.05, 0.1) is 22.4 Å². The van der Waals surface area contributed by atoms with E-state index in [-0.39, 0.29) is 4.90 Å². The number of halogens is 1. The normalized spacial score (nSPS) is 12.3. The van der Waals surface area contributed by atoms with E-state index in [1.807, 2.05) is 13.8 Å². The summed E-state index contributed by atoms with van der Waals surface area (Å²) in [6.45, 7) is 4.57. The lowest BCUT2D eigenvalue weighted by Gasteiger charge is -2.05. The van der Waals surface area contributed by atoms with Crippen LogP contribution in [0.15, 0.2) is 23.1 Å². The number of hydrogen-bond donors (Lipinski definition) is 0.